The van der Waals surface area contributed by atoms with Crippen LogP contribution in [0.25, 0.3) is 0 Å². The third-order valence-corrected chi connectivity index (χ3v) is 3.75. The van der Waals surface area contributed by atoms with Crippen LogP contribution in [0.2, 0.25) is 0 Å². The summed E-state index contributed by atoms with van der Waals surface area (Å²) >= 11 is 0. The Morgan fingerprint density at radius 2 is 2.14 bits per heavy atom. The van der Waals surface area contributed by atoms with Gasteiger partial charge in [-0.05, 0) is 13.0 Å². The van der Waals surface area contributed by atoms with Crippen LogP contribution >= 0.6 is 0 Å². The van der Waals surface area contributed by atoms with Crippen LogP contribution in [0.1, 0.15) is 28.8 Å². The van der Waals surface area contributed by atoms with Gasteiger partial charge in [-0.1, -0.05) is 6.07 Å². The molecule has 0 bridgehead atoms. The number of nitrogens with zero attached hydrogens (tertiary/aromatic N) is 1. The van der Waals surface area contributed by atoms with Crippen molar-refractivity contribution in [3.63, 3.8) is 0 Å². The second-order valence-electron chi connectivity index (χ2n) is 5.23. The highest BCUT2D eigenvalue weighted by molar-refractivity contribution is 5.96. The maximum absolute atomic E-state index is 12.1. The van der Waals surface area contributed by atoms with E-state index >= 15 is 0 Å². The largest absolute Gasteiger partial charge is 0.388 e. The predicted octanol–water partition coefficient (Wildman–Crippen LogP) is 1.17. The van der Waals surface area contributed by atoms with Crippen molar-refractivity contribution in [2.75, 3.05) is 19.8 Å². The molecule has 114 valence electrons. The summed E-state index contributed by atoms with van der Waals surface area (Å²) in [5.41, 5.74) is -0.492. The molecule has 1 fully saturated rings. The highest BCUT2D eigenvalue weighted by Gasteiger charge is 2.30. The number of rotatable bonds is 4. The predicted molar refractivity (Wildman–Crippen MR) is 75.2 cm³/mol. The van der Waals surface area contributed by atoms with E-state index in [0.717, 1.165) is 0 Å². The quantitative estimate of drug-likeness (QED) is 0.641. The number of benzene rings is 1. The fourth-order valence-electron chi connectivity index (χ4n) is 2.34. The van der Waals surface area contributed by atoms with Crippen molar-refractivity contribution in [2.24, 2.45) is 0 Å². The molecule has 1 aliphatic rings. The average molecular weight is 294 g/mol. The Morgan fingerprint density at radius 1 is 1.48 bits per heavy atom. The van der Waals surface area contributed by atoms with Crippen LogP contribution in [0.5, 0.6) is 0 Å². The number of amides is 1. The zero-order valence-electron chi connectivity index (χ0n) is 11.8. The van der Waals surface area contributed by atoms with Crippen LogP contribution in [0.15, 0.2) is 18.2 Å². The molecule has 0 spiro atoms. The number of nitro groups is 1. The van der Waals surface area contributed by atoms with Crippen molar-refractivity contribution in [1.82, 2.24) is 5.32 Å². The highest BCUT2D eigenvalue weighted by Crippen LogP contribution is 2.22. The third kappa shape index (κ3) is 3.56. The number of hydrogen-bond acceptors (Lipinski definition) is 5. The van der Waals surface area contributed by atoms with Crippen LogP contribution in [-0.4, -0.2) is 41.3 Å². The van der Waals surface area contributed by atoms with E-state index < -0.39 is 16.4 Å². The standard InChI is InChI=1S/C14H18N2O5/c1-10-11(3-2-4-12(10)16(19)20)13(17)15-9-14(18)5-7-21-8-6-14/h2-4,18H,5-9H2,1H3,(H,15,17). The number of ether oxygens (including phenoxy) is 1. The van der Waals surface area contributed by atoms with Gasteiger partial charge in [0.1, 0.15) is 0 Å². The van der Waals surface area contributed by atoms with Crippen LogP contribution in [-0.2, 0) is 4.74 Å². The minimum Gasteiger partial charge on any atom is -0.388 e. The van der Waals surface area contributed by atoms with Crippen molar-refractivity contribution >= 4 is 11.6 Å². The summed E-state index contributed by atoms with van der Waals surface area (Å²) in [4.78, 5) is 22.5. The molecular weight excluding hydrogens is 276 g/mol. The van der Waals surface area contributed by atoms with Crippen LogP contribution in [0.3, 0.4) is 0 Å². The summed E-state index contributed by atoms with van der Waals surface area (Å²) in [6, 6.07) is 4.37. The average Bonchev–Trinajstić information content (AvgIpc) is 2.45. The minimum absolute atomic E-state index is 0.0903. The van der Waals surface area contributed by atoms with Gasteiger partial charge in [0.2, 0.25) is 0 Å². The van der Waals surface area contributed by atoms with E-state index in [1.165, 1.54) is 25.1 Å². The number of hydrogen-bond donors (Lipinski definition) is 2. The normalized spacial score (nSPS) is 17.2. The van der Waals surface area contributed by atoms with E-state index in [-0.39, 0.29) is 17.8 Å². The first-order chi connectivity index (χ1) is 9.93. The van der Waals surface area contributed by atoms with E-state index in [1.54, 1.807) is 0 Å². The number of aliphatic hydroxyl groups is 1. The number of carbonyl (C=O) groups is 1. The molecule has 2 N–H and O–H groups in total. The summed E-state index contributed by atoms with van der Waals surface area (Å²) < 4.78 is 5.17. The van der Waals surface area contributed by atoms with Crippen molar-refractivity contribution in [3.8, 4) is 0 Å². The molecule has 0 saturated carbocycles. The lowest BCUT2D eigenvalue weighted by atomic mass is 9.94. The molecule has 1 aromatic rings. The first-order valence-corrected chi connectivity index (χ1v) is 6.75. The van der Waals surface area contributed by atoms with Gasteiger partial charge in [-0.3, -0.25) is 14.9 Å². The van der Waals surface area contributed by atoms with E-state index in [1.807, 2.05) is 0 Å². The molecule has 1 saturated heterocycles. The molecule has 0 unspecified atom stereocenters. The Morgan fingerprint density at radius 3 is 2.76 bits per heavy atom. The lowest BCUT2D eigenvalue weighted by molar-refractivity contribution is -0.385. The van der Waals surface area contributed by atoms with E-state index in [2.05, 4.69) is 5.32 Å². The summed E-state index contributed by atoms with van der Waals surface area (Å²) in [5, 5.41) is 23.8. The fraction of sp³-hybridized carbons (Fsp3) is 0.500. The van der Waals surface area contributed by atoms with Gasteiger partial charge in [-0.2, -0.15) is 0 Å². The zero-order chi connectivity index (χ0) is 15.5. The molecule has 0 radical (unpaired) electrons. The van der Waals surface area contributed by atoms with Crippen LogP contribution in [0, 0.1) is 17.0 Å². The highest BCUT2D eigenvalue weighted by atomic mass is 16.6. The van der Waals surface area contributed by atoms with E-state index in [9.17, 15) is 20.0 Å². The molecule has 1 aromatic carbocycles. The molecule has 1 aliphatic heterocycles. The molecule has 0 aliphatic carbocycles. The lowest BCUT2D eigenvalue weighted by Crippen LogP contribution is -2.46. The fourth-order valence-corrected chi connectivity index (χ4v) is 2.34. The molecule has 21 heavy (non-hydrogen) atoms. The summed E-state index contributed by atoms with van der Waals surface area (Å²) in [5.74, 6) is -0.420. The zero-order valence-corrected chi connectivity index (χ0v) is 11.8. The van der Waals surface area contributed by atoms with Gasteiger partial charge >= 0.3 is 0 Å². The topological polar surface area (TPSA) is 102 Å². The van der Waals surface area contributed by atoms with Gasteiger partial charge < -0.3 is 15.2 Å². The molecular formula is C14H18N2O5. The van der Waals surface area contributed by atoms with Gasteiger partial charge in [0, 0.05) is 49.8 Å². The lowest BCUT2D eigenvalue weighted by Gasteiger charge is -2.32. The maximum Gasteiger partial charge on any atom is 0.273 e. The molecule has 7 heteroatoms. The van der Waals surface area contributed by atoms with Gasteiger partial charge in [-0.25, -0.2) is 0 Å². The third-order valence-electron chi connectivity index (χ3n) is 3.75. The second kappa shape index (κ2) is 6.19. The molecule has 2 rings (SSSR count). The second-order valence-corrected chi connectivity index (χ2v) is 5.23. The van der Waals surface area contributed by atoms with Crippen molar-refractivity contribution in [1.29, 1.82) is 0 Å². The first kappa shape index (κ1) is 15.4. The van der Waals surface area contributed by atoms with Gasteiger partial charge in [0.15, 0.2) is 0 Å². The van der Waals surface area contributed by atoms with E-state index in [0.29, 0.717) is 31.6 Å². The van der Waals surface area contributed by atoms with Gasteiger partial charge in [-0.15, -0.1) is 0 Å². The number of nitrogens with one attached hydrogen (secondary N) is 1. The maximum atomic E-state index is 12.1. The first-order valence-electron chi connectivity index (χ1n) is 6.75. The van der Waals surface area contributed by atoms with Crippen molar-refractivity contribution in [2.45, 2.75) is 25.4 Å². The Kier molecular flexibility index (Phi) is 4.54. The van der Waals surface area contributed by atoms with Crippen molar-refractivity contribution in [3.05, 3.63) is 39.4 Å². The molecule has 1 heterocycles. The summed E-state index contributed by atoms with van der Waals surface area (Å²) in [7, 11) is 0. The molecule has 0 atom stereocenters. The summed E-state index contributed by atoms with van der Waals surface area (Å²) in [6.07, 6.45) is 0.919. The molecule has 7 nitrogen and oxygen atoms in total. The smallest absolute Gasteiger partial charge is 0.273 e. The molecule has 1 amide bonds. The molecule has 0 aromatic heterocycles. The Hall–Kier alpha value is -1.99. The summed E-state index contributed by atoms with van der Waals surface area (Å²) in [6.45, 7) is 2.57. The Balaban J connectivity index is 2.07. The Labute approximate surface area is 122 Å². The van der Waals surface area contributed by atoms with Crippen LogP contribution < -0.4 is 5.32 Å². The SMILES string of the molecule is Cc1c(C(=O)NCC2(O)CCOCC2)cccc1[N+](=O)[O-]. The number of carbonyl (C=O) groups excluding carboxylic acids is 1. The van der Waals surface area contributed by atoms with Gasteiger partial charge in [0.05, 0.1) is 10.5 Å². The Bertz CT molecular complexity index is 552. The monoisotopic (exact) mass is 294 g/mol. The minimum atomic E-state index is -0.970. The number of nitro benzene ring substituents is 1. The van der Waals surface area contributed by atoms with Crippen LogP contribution in [0.4, 0.5) is 5.69 Å². The van der Waals surface area contributed by atoms with Gasteiger partial charge in [0.25, 0.3) is 11.6 Å². The van der Waals surface area contributed by atoms with Crippen molar-refractivity contribution < 1.29 is 19.6 Å². The van der Waals surface area contributed by atoms with E-state index in [4.69, 9.17) is 4.74 Å².